The number of imidazole rings is 1. The van der Waals surface area contributed by atoms with Gasteiger partial charge in [-0.05, 0) is 26.7 Å². The first-order valence-electron chi connectivity index (χ1n) is 7.37. The average molecular weight is 320 g/mol. The summed E-state index contributed by atoms with van der Waals surface area (Å²) in [5.41, 5.74) is -0.181. The SMILES string of the molecule is CC(=O)C(CCCn1c(=O)c2c(ncn2C)n(C)c1=O)C(C)=O. The molecular weight excluding hydrogens is 300 g/mol. The summed E-state index contributed by atoms with van der Waals surface area (Å²) in [6, 6.07) is 0. The van der Waals surface area contributed by atoms with Gasteiger partial charge in [0.2, 0.25) is 0 Å². The van der Waals surface area contributed by atoms with Gasteiger partial charge in [-0.15, -0.1) is 0 Å². The number of hydrogen-bond acceptors (Lipinski definition) is 5. The van der Waals surface area contributed by atoms with E-state index in [2.05, 4.69) is 4.98 Å². The summed E-state index contributed by atoms with van der Waals surface area (Å²) in [4.78, 5) is 51.7. The summed E-state index contributed by atoms with van der Waals surface area (Å²) in [6.45, 7) is 2.90. The molecule has 0 aliphatic carbocycles. The summed E-state index contributed by atoms with van der Waals surface area (Å²) < 4.78 is 4.02. The highest BCUT2D eigenvalue weighted by atomic mass is 16.2. The summed E-state index contributed by atoms with van der Waals surface area (Å²) in [7, 11) is 3.24. The summed E-state index contributed by atoms with van der Waals surface area (Å²) in [5, 5.41) is 0. The van der Waals surface area contributed by atoms with Crippen molar-refractivity contribution in [1.82, 2.24) is 18.7 Å². The van der Waals surface area contributed by atoms with Crippen LogP contribution >= 0.6 is 0 Å². The largest absolute Gasteiger partial charge is 0.332 e. The first-order chi connectivity index (χ1) is 10.8. The van der Waals surface area contributed by atoms with E-state index in [0.29, 0.717) is 24.0 Å². The number of rotatable bonds is 6. The molecule has 0 radical (unpaired) electrons. The van der Waals surface area contributed by atoms with E-state index in [1.807, 2.05) is 0 Å². The lowest BCUT2D eigenvalue weighted by Gasteiger charge is -2.11. The summed E-state index contributed by atoms with van der Waals surface area (Å²) in [5.74, 6) is -1.06. The van der Waals surface area contributed by atoms with Gasteiger partial charge in [0.1, 0.15) is 11.6 Å². The summed E-state index contributed by atoms with van der Waals surface area (Å²) in [6.07, 6.45) is 2.20. The monoisotopic (exact) mass is 320 g/mol. The minimum atomic E-state index is -0.671. The molecule has 0 saturated heterocycles. The van der Waals surface area contributed by atoms with Crippen LogP contribution in [-0.2, 0) is 30.2 Å². The Hall–Kier alpha value is -2.51. The maximum absolute atomic E-state index is 12.5. The zero-order valence-electron chi connectivity index (χ0n) is 13.7. The second-order valence-electron chi connectivity index (χ2n) is 5.74. The van der Waals surface area contributed by atoms with Crippen molar-refractivity contribution >= 4 is 22.7 Å². The molecule has 0 spiro atoms. The molecule has 2 aromatic rings. The van der Waals surface area contributed by atoms with E-state index in [0.717, 1.165) is 4.57 Å². The second kappa shape index (κ2) is 6.31. The lowest BCUT2D eigenvalue weighted by Crippen LogP contribution is -2.39. The third-order valence-electron chi connectivity index (χ3n) is 4.06. The highest BCUT2D eigenvalue weighted by molar-refractivity contribution is 6.00. The van der Waals surface area contributed by atoms with Gasteiger partial charge >= 0.3 is 5.69 Å². The predicted molar refractivity (Wildman–Crippen MR) is 84.3 cm³/mol. The van der Waals surface area contributed by atoms with E-state index >= 15 is 0 Å². The minimum Gasteiger partial charge on any atom is -0.328 e. The van der Waals surface area contributed by atoms with Crippen LogP contribution in [0.3, 0.4) is 0 Å². The van der Waals surface area contributed by atoms with Gasteiger partial charge in [0.15, 0.2) is 11.2 Å². The Labute approximate surface area is 132 Å². The molecule has 8 heteroatoms. The lowest BCUT2D eigenvalue weighted by molar-refractivity contribution is -0.130. The van der Waals surface area contributed by atoms with Gasteiger partial charge < -0.3 is 4.57 Å². The average Bonchev–Trinajstić information content (AvgIpc) is 2.85. The fraction of sp³-hybridized carbons (Fsp3) is 0.533. The number of hydrogen-bond donors (Lipinski definition) is 0. The Bertz CT molecular complexity index is 873. The van der Waals surface area contributed by atoms with Crippen LogP contribution in [0.25, 0.3) is 11.2 Å². The molecule has 124 valence electrons. The zero-order valence-corrected chi connectivity index (χ0v) is 13.7. The number of aromatic nitrogens is 4. The van der Waals surface area contributed by atoms with Crippen LogP contribution in [0, 0.1) is 5.92 Å². The van der Waals surface area contributed by atoms with Crippen molar-refractivity contribution in [2.24, 2.45) is 20.0 Å². The molecule has 0 atom stereocenters. The van der Waals surface area contributed by atoms with Crippen molar-refractivity contribution < 1.29 is 9.59 Å². The molecule has 0 N–H and O–H groups in total. The van der Waals surface area contributed by atoms with Crippen molar-refractivity contribution in [1.29, 1.82) is 0 Å². The molecule has 2 rings (SSSR count). The van der Waals surface area contributed by atoms with E-state index in [-0.39, 0.29) is 18.1 Å². The molecule has 0 unspecified atom stereocenters. The third kappa shape index (κ3) is 3.01. The highest BCUT2D eigenvalue weighted by Gasteiger charge is 2.20. The molecule has 0 aliphatic heterocycles. The molecule has 0 aliphatic rings. The third-order valence-corrected chi connectivity index (χ3v) is 4.06. The number of carbonyl (C=O) groups excluding carboxylic acids is 2. The maximum Gasteiger partial charge on any atom is 0.332 e. The molecule has 0 bridgehead atoms. The van der Waals surface area contributed by atoms with E-state index in [9.17, 15) is 19.2 Å². The Morgan fingerprint density at radius 1 is 1.17 bits per heavy atom. The maximum atomic E-state index is 12.5. The van der Waals surface area contributed by atoms with Crippen LogP contribution in [0.15, 0.2) is 15.9 Å². The topological polar surface area (TPSA) is 96.0 Å². The van der Waals surface area contributed by atoms with Crippen LogP contribution < -0.4 is 11.2 Å². The number of nitrogens with zero attached hydrogens (tertiary/aromatic N) is 4. The van der Waals surface area contributed by atoms with Crippen molar-refractivity contribution in [3.8, 4) is 0 Å². The highest BCUT2D eigenvalue weighted by Crippen LogP contribution is 2.10. The van der Waals surface area contributed by atoms with Crippen molar-refractivity contribution in [3.05, 3.63) is 27.2 Å². The first kappa shape index (κ1) is 16.9. The van der Waals surface area contributed by atoms with Crippen LogP contribution in [0.2, 0.25) is 0 Å². The molecule has 0 amide bonds. The van der Waals surface area contributed by atoms with E-state index in [1.54, 1.807) is 18.7 Å². The number of carbonyl (C=O) groups is 2. The Morgan fingerprint density at radius 3 is 2.35 bits per heavy atom. The van der Waals surface area contributed by atoms with Gasteiger partial charge in [-0.1, -0.05) is 0 Å². The van der Waals surface area contributed by atoms with Crippen LogP contribution in [0.5, 0.6) is 0 Å². The normalized spacial score (nSPS) is 11.3. The molecule has 2 aromatic heterocycles. The van der Waals surface area contributed by atoms with Gasteiger partial charge in [-0.2, -0.15) is 0 Å². The first-order valence-corrected chi connectivity index (χ1v) is 7.37. The van der Waals surface area contributed by atoms with Crippen molar-refractivity contribution in [2.75, 3.05) is 0 Å². The summed E-state index contributed by atoms with van der Waals surface area (Å²) >= 11 is 0. The standard InChI is InChI=1S/C15H20N4O4/c1-9(20)11(10(2)21)6-5-7-19-14(22)12-13(16-8-17(12)3)18(4)15(19)23/h8,11H,5-7H2,1-4H3. The predicted octanol–water partition coefficient (Wildman–Crippen LogP) is 0.00810. The fourth-order valence-electron chi connectivity index (χ4n) is 2.74. The van der Waals surface area contributed by atoms with E-state index in [1.165, 1.54) is 24.7 Å². The molecule has 23 heavy (non-hydrogen) atoms. The molecule has 0 aromatic carbocycles. The number of ketones is 2. The van der Waals surface area contributed by atoms with Gasteiger partial charge in [-0.3, -0.25) is 23.5 Å². The lowest BCUT2D eigenvalue weighted by atomic mass is 9.95. The minimum absolute atomic E-state index is 0.156. The van der Waals surface area contributed by atoms with Crippen LogP contribution in [0.4, 0.5) is 0 Å². The van der Waals surface area contributed by atoms with Crippen LogP contribution in [-0.4, -0.2) is 30.3 Å². The fourth-order valence-corrected chi connectivity index (χ4v) is 2.74. The molecular formula is C15H20N4O4. The number of fused-ring (bicyclic) bond motifs is 1. The Morgan fingerprint density at radius 2 is 1.78 bits per heavy atom. The van der Waals surface area contributed by atoms with Crippen molar-refractivity contribution in [3.63, 3.8) is 0 Å². The quantitative estimate of drug-likeness (QED) is 0.699. The molecule has 0 fully saturated rings. The smallest absolute Gasteiger partial charge is 0.328 e. The van der Waals surface area contributed by atoms with E-state index in [4.69, 9.17) is 0 Å². The van der Waals surface area contributed by atoms with Gasteiger partial charge in [0.05, 0.1) is 12.2 Å². The Balaban J connectivity index is 2.33. The second-order valence-corrected chi connectivity index (χ2v) is 5.74. The number of aryl methyl sites for hydroxylation is 2. The van der Waals surface area contributed by atoms with Gasteiger partial charge in [0.25, 0.3) is 5.56 Å². The zero-order chi connectivity index (χ0) is 17.3. The molecule has 8 nitrogen and oxygen atoms in total. The van der Waals surface area contributed by atoms with Gasteiger partial charge in [0, 0.05) is 20.6 Å². The Kier molecular flexibility index (Phi) is 4.63. The van der Waals surface area contributed by atoms with Gasteiger partial charge in [-0.25, -0.2) is 9.78 Å². The van der Waals surface area contributed by atoms with Crippen LogP contribution in [0.1, 0.15) is 26.7 Å². The van der Waals surface area contributed by atoms with E-state index < -0.39 is 17.2 Å². The molecule has 0 saturated carbocycles. The molecule has 2 heterocycles. The van der Waals surface area contributed by atoms with Crippen molar-refractivity contribution in [2.45, 2.75) is 33.2 Å². The number of Topliss-reactive ketones (excluding diaryl/α,β-unsaturated/α-hetero) is 2.